The highest BCUT2D eigenvalue weighted by Gasteiger charge is 2.24. The lowest BCUT2D eigenvalue weighted by Crippen LogP contribution is -2.48. The second-order valence-corrected chi connectivity index (χ2v) is 7.30. The van der Waals surface area contributed by atoms with Crippen LogP contribution in [0, 0.1) is 3.57 Å². The largest absolute Gasteiger partial charge is 0.445 e. The SMILES string of the molecule is O=C(NC1CCCN(c2nc(Cl)ncc2I)C1)OCc1ccccc1. The van der Waals surface area contributed by atoms with Gasteiger partial charge in [-0.1, -0.05) is 30.3 Å². The van der Waals surface area contributed by atoms with Gasteiger partial charge in [0.25, 0.3) is 0 Å². The monoisotopic (exact) mass is 472 g/mol. The molecule has 1 unspecified atom stereocenters. The molecule has 0 bridgehead atoms. The van der Waals surface area contributed by atoms with E-state index in [4.69, 9.17) is 16.3 Å². The first kappa shape index (κ1) is 18.2. The number of carbonyl (C=O) groups is 1. The molecular weight excluding hydrogens is 455 g/mol. The average molecular weight is 473 g/mol. The molecule has 0 aliphatic carbocycles. The maximum absolute atomic E-state index is 12.0. The number of anilines is 1. The van der Waals surface area contributed by atoms with Crippen molar-refractivity contribution in [2.45, 2.75) is 25.5 Å². The molecule has 1 atom stereocenters. The molecule has 132 valence electrons. The minimum Gasteiger partial charge on any atom is -0.445 e. The third kappa shape index (κ3) is 5.18. The summed E-state index contributed by atoms with van der Waals surface area (Å²) in [5.74, 6) is 0.810. The van der Waals surface area contributed by atoms with E-state index < -0.39 is 6.09 Å². The lowest BCUT2D eigenvalue weighted by molar-refractivity contribution is 0.134. The van der Waals surface area contributed by atoms with E-state index in [1.54, 1.807) is 6.20 Å². The number of rotatable bonds is 4. The summed E-state index contributed by atoms with van der Waals surface area (Å²) in [4.78, 5) is 22.5. The van der Waals surface area contributed by atoms with E-state index in [9.17, 15) is 4.79 Å². The maximum Gasteiger partial charge on any atom is 0.407 e. The Hall–Kier alpha value is -1.61. The Morgan fingerprint density at radius 2 is 2.20 bits per heavy atom. The van der Waals surface area contributed by atoms with Gasteiger partial charge in [0.2, 0.25) is 5.28 Å². The van der Waals surface area contributed by atoms with Crippen LogP contribution in [0.5, 0.6) is 0 Å². The standard InChI is InChI=1S/C17H18ClIN4O2/c18-16-20-9-14(19)15(22-16)23-8-4-7-13(10-23)21-17(24)25-11-12-5-2-1-3-6-12/h1-3,5-6,9,13H,4,7-8,10-11H2,(H,21,24). The van der Waals surface area contributed by atoms with Crippen molar-refractivity contribution in [2.75, 3.05) is 18.0 Å². The first-order valence-corrected chi connectivity index (χ1v) is 9.47. The van der Waals surface area contributed by atoms with E-state index in [0.29, 0.717) is 6.54 Å². The quantitative estimate of drug-likeness (QED) is 0.544. The minimum absolute atomic E-state index is 0.0153. The summed E-state index contributed by atoms with van der Waals surface area (Å²) >= 11 is 8.11. The molecule has 1 N–H and O–H groups in total. The Kier molecular flexibility index (Phi) is 6.30. The van der Waals surface area contributed by atoms with Gasteiger partial charge in [-0.2, -0.15) is 4.98 Å². The smallest absolute Gasteiger partial charge is 0.407 e. The first-order chi connectivity index (χ1) is 12.1. The van der Waals surface area contributed by atoms with Crippen LogP contribution in [0.1, 0.15) is 18.4 Å². The Labute approximate surface area is 165 Å². The van der Waals surface area contributed by atoms with Crippen LogP contribution in [0.15, 0.2) is 36.5 Å². The van der Waals surface area contributed by atoms with Crippen LogP contribution in [-0.2, 0) is 11.3 Å². The predicted molar refractivity (Wildman–Crippen MR) is 105 cm³/mol. The molecule has 1 aliphatic heterocycles. The number of nitrogens with zero attached hydrogens (tertiary/aromatic N) is 3. The number of amides is 1. The summed E-state index contributed by atoms with van der Waals surface area (Å²) in [5, 5.41) is 3.17. The number of hydrogen-bond acceptors (Lipinski definition) is 5. The molecule has 3 rings (SSSR count). The van der Waals surface area contributed by atoms with E-state index in [2.05, 4.69) is 42.8 Å². The highest BCUT2D eigenvalue weighted by atomic mass is 127. The van der Waals surface area contributed by atoms with Crippen molar-refractivity contribution in [2.24, 2.45) is 0 Å². The number of nitrogens with one attached hydrogen (secondary N) is 1. The zero-order valence-corrected chi connectivity index (χ0v) is 16.4. The van der Waals surface area contributed by atoms with Gasteiger partial charge >= 0.3 is 6.09 Å². The van der Waals surface area contributed by atoms with E-state index >= 15 is 0 Å². The highest BCUT2D eigenvalue weighted by Crippen LogP contribution is 2.24. The topological polar surface area (TPSA) is 67.4 Å². The number of hydrogen-bond donors (Lipinski definition) is 1. The molecule has 2 aromatic rings. The van der Waals surface area contributed by atoms with Crippen molar-refractivity contribution in [1.82, 2.24) is 15.3 Å². The number of benzene rings is 1. The third-order valence-corrected chi connectivity index (χ3v) is 4.89. The van der Waals surface area contributed by atoms with Crippen LogP contribution >= 0.6 is 34.2 Å². The Bertz CT molecular complexity index is 732. The molecule has 25 heavy (non-hydrogen) atoms. The molecule has 1 amide bonds. The number of alkyl carbamates (subject to hydrolysis) is 1. The van der Waals surface area contributed by atoms with Crippen molar-refractivity contribution >= 4 is 46.1 Å². The van der Waals surface area contributed by atoms with Crippen LogP contribution in [0.3, 0.4) is 0 Å². The predicted octanol–water partition coefficient (Wildman–Crippen LogP) is 3.63. The fourth-order valence-electron chi connectivity index (χ4n) is 2.78. The Morgan fingerprint density at radius 3 is 3.00 bits per heavy atom. The second kappa shape index (κ2) is 8.66. The van der Waals surface area contributed by atoms with Crippen LogP contribution in [0.25, 0.3) is 0 Å². The summed E-state index contributed by atoms with van der Waals surface area (Å²) < 4.78 is 6.24. The third-order valence-electron chi connectivity index (χ3n) is 3.95. The minimum atomic E-state index is -0.397. The summed E-state index contributed by atoms with van der Waals surface area (Å²) in [6, 6.07) is 9.64. The molecule has 0 spiro atoms. The molecule has 1 aromatic heterocycles. The van der Waals surface area contributed by atoms with Gasteiger partial charge in [0.1, 0.15) is 12.4 Å². The summed E-state index contributed by atoms with van der Waals surface area (Å²) in [6.45, 7) is 1.81. The number of piperidine rings is 1. The van der Waals surface area contributed by atoms with Crippen LogP contribution in [0.2, 0.25) is 5.28 Å². The Morgan fingerprint density at radius 1 is 1.40 bits per heavy atom. The molecule has 2 heterocycles. The van der Waals surface area contributed by atoms with Crippen molar-refractivity contribution in [3.63, 3.8) is 0 Å². The highest BCUT2D eigenvalue weighted by molar-refractivity contribution is 14.1. The fraction of sp³-hybridized carbons (Fsp3) is 0.353. The van der Waals surface area contributed by atoms with Crippen LogP contribution < -0.4 is 10.2 Å². The summed E-state index contributed by atoms with van der Waals surface area (Å²) in [7, 11) is 0. The molecule has 1 fully saturated rings. The summed E-state index contributed by atoms with van der Waals surface area (Å²) in [6.07, 6.45) is 3.18. The number of halogens is 2. The number of carbonyl (C=O) groups excluding carboxylic acids is 1. The molecular formula is C17H18ClIN4O2. The molecule has 1 aliphatic rings. The van der Waals surface area contributed by atoms with Crippen molar-refractivity contribution in [3.05, 3.63) is 50.9 Å². The number of ether oxygens (including phenoxy) is 1. The second-order valence-electron chi connectivity index (χ2n) is 5.80. The molecule has 0 radical (unpaired) electrons. The van der Waals surface area contributed by atoms with E-state index in [0.717, 1.165) is 34.3 Å². The van der Waals surface area contributed by atoms with Gasteiger partial charge in [-0.25, -0.2) is 9.78 Å². The molecule has 0 saturated carbocycles. The van der Waals surface area contributed by atoms with Gasteiger partial charge in [-0.15, -0.1) is 0 Å². The van der Waals surface area contributed by atoms with Crippen LogP contribution in [-0.4, -0.2) is 35.2 Å². The first-order valence-electron chi connectivity index (χ1n) is 8.02. The molecule has 6 nitrogen and oxygen atoms in total. The zero-order valence-electron chi connectivity index (χ0n) is 13.5. The normalized spacial score (nSPS) is 17.2. The van der Waals surface area contributed by atoms with Gasteiger partial charge < -0.3 is 15.0 Å². The van der Waals surface area contributed by atoms with Gasteiger partial charge in [-0.3, -0.25) is 0 Å². The fourth-order valence-corrected chi connectivity index (χ4v) is 3.51. The van der Waals surface area contributed by atoms with Gasteiger partial charge in [0, 0.05) is 25.3 Å². The van der Waals surface area contributed by atoms with Crippen LogP contribution in [0.4, 0.5) is 10.6 Å². The lowest BCUT2D eigenvalue weighted by atomic mass is 10.1. The Balaban J connectivity index is 1.54. The van der Waals surface area contributed by atoms with E-state index in [-0.39, 0.29) is 17.9 Å². The zero-order chi connectivity index (χ0) is 17.6. The van der Waals surface area contributed by atoms with E-state index in [1.165, 1.54) is 0 Å². The molecule has 1 aromatic carbocycles. The van der Waals surface area contributed by atoms with Crippen molar-refractivity contribution < 1.29 is 9.53 Å². The van der Waals surface area contributed by atoms with E-state index in [1.807, 2.05) is 30.3 Å². The summed E-state index contributed by atoms with van der Waals surface area (Å²) in [5.41, 5.74) is 0.966. The maximum atomic E-state index is 12.0. The average Bonchev–Trinajstić information content (AvgIpc) is 2.63. The number of aromatic nitrogens is 2. The van der Waals surface area contributed by atoms with Crippen molar-refractivity contribution in [1.29, 1.82) is 0 Å². The van der Waals surface area contributed by atoms with Crippen molar-refractivity contribution in [3.8, 4) is 0 Å². The molecule has 1 saturated heterocycles. The van der Waals surface area contributed by atoms with Gasteiger partial charge in [-0.05, 0) is 52.6 Å². The molecule has 8 heteroatoms. The van der Waals surface area contributed by atoms with Gasteiger partial charge in [0.15, 0.2) is 0 Å². The van der Waals surface area contributed by atoms with Gasteiger partial charge in [0.05, 0.1) is 3.57 Å². The lowest BCUT2D eigenvalue weighted by Gasteiger charge is -2.34.